The normalized spacial score (nSPS) is 16.9. The molecule has 0 bridgehead atoms. The molecule has 144 valence electrons. The molecule has 1 aromatic heterocycles. The quantitative estimate of drug-likeness (QED) is 0.687. The largest absolute Gasteiger partial charge is 0.369 e. The van der Waals surface area contributed by atoms with Gasteiger partial charge in [-0.05, 0) is 37.0 Å². The van der Waals surface area contributed by atoms with Gasteiger partial charge in [-0.25, -0.2) is 0 Å². The molecular formula is C18H23N5O2S2. The third kappa shape index (κ3) is 5.43. The third-order valence-corrected chi connectivity index (χ3v) is 6.47. The molecule has 3 rings (SSSR count). The zero-order valence-corrected chi connectivity index (χ0v) is 16.8. The summed E-state index contributed by atoms with van der Waals surface area (Å²) in [5, 5.41) is 12.2. The Labute approximate surface area is 166 Å². The number of hydrogen-bond donors (Lipinski definition) is 2. The van der Waals surface area contributed by atoms with Gasteiger partial charge in [0.05, 0.1) is 11.7 Å². The lowest BCUT2D eigenvalue weighted by molar-refractivity contribution is -0.132. The molecule has 3 N–H and O–H groups in total. The van der Waals surface area contributed by atoms with Crippen LogP contribution in [0.15, 0.2) is 28.6 Å². The number of benzene rings is 1. The summed E-state index contributed by atoms with van der Waals surface area (Å²) in [7, 11) is 0. The summed E-state index contributed by atoms with van der Waals surface area (Å²) >= 11 is 2.78. The zero-order chi connectivity index (χ0) is 19.2. The molecule has 1 aliphatic heterocycles. The van der Waals surface area contributed by atoms with Crippen LogP contribution < -0.4 is 11.1 Å². The number of hydrogen-bond acceptors (Lipinski definition) is 7. The number of anilines is 2. The lowest BCUT2D eigenvalue weighted by Gasteiger charge is -2.31. The summed E-state index contributed by atoms with van der Waals surface area (Å²) in [4.78, 5) is 25.5. The maximum absolute atomic E-state index is 12.4. The summed E-state index contributed by atoms with van der Waals surface area (Å²) < 4.78 is 0.736. The number of thioether (sulfide) groups is 1. The van der Waals surface area contributed by atoms with Gasteiger partial charge >= 0.3 is 0 Å². The number of aryl methyl sites for hydroxylation is 1. The first-order chi connectivity index (χ1) is 13.0. The van der Waals surface area contributed by atoms with E-state index in [0.717, 1.165) is 29.3 Å². The molecule has 7 nitrogen and oxygen atoms in total. The van der Waals surface area contributed by atoms with E-state index in [-0.39, 0.29) is 23.5 Å². The molecule has 1 fully saturated rings. The van der Waals surface area contributed by atoms with Crippen LogP contribution in [-0.4, -0.2) is 45.8 Å². The van der Waals surface area contributed by atoms with Gasteiger partial charge in [-0.2, -0.15) is 0 Å². The average Bonchev–Trinajstić information content (AvgIpc) is 3.14. The Morgan fingerprint density at radius 3 is 2.81 bits per heavy atom. The number of primary amides is 1. The van der Waals surface area contributed by atoms with Gasteiger partial charge in [0.15, 0.2) is 4.34 Å². The van der Waals surface area contributed by atoms with Crippen LogP contribution in [-0.2, 0) is 16.0 Å². The number of nitrogens with one attached hydrogen (secondary N) is 1. The molecule has 0 radical (unpaired) electrons. The third-order valence-electron chi connectivity index (χ3n) is 4.52. The Morgan fingerprint density at radius 2 is 2.11 bits per heavy atom. The highest BCUT2D eigenvalue weighted by atomic mass is 32.2. The minimum absolute atomic E-state index is 0.00538. The summed E-state index contributed by atoms with van der Waals surface area (Å²) in [6, 6.07) is 8.19. The van der Waals surface area contributed by atoms with Gasteiger partial charge in [0.2, 0.25) is 16.9 Å². The highest BCUT2D eigenvalue weighted by molar-refractivity contribution is 8.01. The van der Waals surface area contributed by atoms with Gasteiger partial charge in [-0.3, -0.25) is 9.59 Å². The number of carbonyl (C=O) groups excluding carboxylic acids is 2. The molecule has 9 heteroatoms. The summed E-state index contributed by atoms with van der Waals surface area (Å²) in [6.45, 7) is 3.22. The van der Waals surface area contributed by atoms with Crippen LogP contribution in [0.25, 0.3) is 0 Å². The Bertz CT molecular complexity index is 793. The summed E-state index contributed by atoms with van der Waals surface area (Å²) in [6.07, 6.45) is 2.58. The standard InChI is InChI=1S/C18H23N5O2S2/c1-2-12-5-7-14(8-6-12)20-17-21-22-18(27-17)26-11-15(24)23-9-3-4-13(10-23)16(19)25/h5-8,13H,2-4,9-11H2,1H3,(H2,19,25)(H,20,21)/t13-/m0/s1. The van der Waals surface area contributed by atoms with Crippen LogP contribution in [0.4, 0.5) is 10.8 Å². The monoisotopic (exact) mass is 405 g/mol. The van der Waals surface area contributed by atoms with E-state index in [1.54, 1.807) is 4.90 Å². The first-order valence-corrected chi connectivity index (χ1v) is 10.7. The van der Waals surface area contributed by atoms with Gasteiger partial charge in [-0.1, -0.05) is 42.2 Å². The highest BCUT2D eigenvalue weighted by Gasteiger charge is 2.27. The van der Waals surface area contributed by atoms with Crippen LogP contribution in [0.5, 0.6) is 0 Å². The number of nitrogens with two attached hydrogens (primary N) is 1. The molecule has 27 heavy (non-hydrogen) atoms. The molecular weight excluding hydrogens is 382 g/mol. The number of piperidine rings is 1. The molecule has 2 heterocycles. The van der Waals surface area contributed by atoms with Gasteiger partial charge in [0, 0.05) is 18.8 Å². The molecule has 2 aromatic rings. The van der Waals surface area contributed by atoms with Crippen LogP contribution in [0.3, 0.4) is 0 Å². The van der Waals surface area contributed by atoms with E-state index in [1.165, 1.54) is 28.7 Å². The predicted octanol–water partition coefficient (Wildman–Crippen LogP) is 2.66. The fourth-order valence-corrected chi connectivity index (χ4v) is 4.59. The molecule has 2 amide bonds. The number of rotatable bonds is 7. The fourth-order valence-electron chi connectivity index (χ4n) is 2.92. The highest BCUT2D eigenvalue weighted by Crippen LogP contribution is 2.28. The molecule has 1 atom stereocenters. The van der Waals surface area contributed by atoms with Crippen LogP contribution in [0.1, 0.15) is 25.3 Å². The average molecular weight is 406 g/mol. The molecule has 0 aliphatic carbocycles. The summed E-state index contributed by atoms with van der Waals surface area (Å²) in [5.74, 6) is -0.271. The van der Waals surface area contributed by atoms with E-state index in [9.17, 15) is 9.59 Å². The van der Waals surface area contributed by atoms with Crippen molar-refractivity contribution >= 4 is 45.7 Å². The maximum atomic E-state index is 12.4. The Morgan fingerprint density at radius 1 is 1.33 bits per heavy atom. The first-order valence-electron chi connectivity index (χ1n) is 8.94. The van der Waals surface area contributed by atoms with Gasteiger partial charge in [0.1, 0.15) is 0 Å². The van der Waals surface area contributed by atoms with Crippen molar-refractivity contribution in [1.82, 2.24) is 15.1 Å². The molecule has 1 aliphatic rings. The van der Waals surface area contributed by atoms with E-state index < -0.39 is 0 Å². The SMILES string of the molecule is CCc1ccc(Nc2nnc(SCC(=O)N3CCC[C@H](C(N)=O)C3)s2)cc1. The number of carbonyl (C=O) groups is 2. The van der Waals surface area contributed by atoms with Gasteiger partial charge < -0.3 is 16.0 Å². The second kappa shape index (κ2) is 9.18. The first kappa shape index (κ1) is 19.6. The molecule has 1 saturated heterocycles. The topological polar surface area (TPSA) is 101 Å². The van der Waals surface area contributed by atoms with Crippen molar-refractivity contribution in [3.63, 3.8) is 0 Å². The lowest BCUT2D eigenvalue weighted by Crippen LogP contribution is -2.44. The lowest BCUT2D eigenvalue weighted by atomic mass is 9.97. The van der Waals surface area contributed by atoms with Crippen molar-refractivity contribution in [1.29, 1.82) is 0 Å². The smallest absolute Gasteiger partial charge is 0.233 e. The number of aromatic nitrogens is 2. The Balaban J connectivity index is 1.50. The van der Waals surface area contributed by atoms with Crippen molar-refractivity contribution in [3.05, 3.63) is 29.8 Å². The van der Waals surface area contributed by atoms with E-state index in [1.807, 2.05) is 12.1 Å². The molecule has 0 saturated carbocycles. The minimum atomic E-state index is -0.327. The second-order valence-electron chi connectivity index (χ2n) is 6.42. The van der Waals surface area contributed by atoms with Crippen LogP contribution in [0, 0.1) is 5.92 Å². The van der Waals surface area contributed by atoms with Gasteiger partial charge in [-0.15, -0.1) is 10.2 Å². The van der Waals surface area contributed by atoms with E-state index in [0.29, 0.717) is 18.2 Å². The van der Waals surface area contributed by atoms with E-state index >= 15 is 0 Å². The van der Waals surface area contributed by atoms with Crippen molar-refractivity contribution in [2.45, 2.75) is 30.5 Å². The van der Waals surface area contributed by atoms with Crippen molar-refractivity contribution in [2.75, 3.05) is 24.2 Å². The zero-order valence-electron chi connectivity index (χ0n) is 15.2. The Kier molecular flexibility index (Phi) is 6.68. The predicted molar refractivity (Wildman–Crippen MR) is 108 cm³/mol. The van der Waals surface area contributed by atoms with Crippen LogP contribution in [0.2, 0.25) is 0 Å². The van der Waals surface area contributed by atoms with E-state index in [4.69, 9.17) is 5.73 Å². The maximum Gasteiger partial charge on any atom is 0.233 e. The molecule has 0 spiro atoms. The second-order valence-corrected chi connectivity index (χ2v) is 8.62. The van der Waals surface area contributed by atoms with Crippen molar-refractivity contribution < 1.29 is 9.59 Å². The van der Waals surface area contributed by atoms with Gasteiger partial charge in [0.25, 0.3) is 0 Å². The fraction of sp³-hybridized carbons (Fsp3) is 0.444. The summed E-state index contributed by atoms with van der Waals surface area (Å²) in [5.41, 5.74) is 7.61. The number of likely N-dealkylation sites (tertiary alicyclic amines) is 1. The Hall–Kier alpha value is -2.13. The number of nitrogens with zero attached hydrogens (tertiary/aromatic N) is 3. The molecule has 0 unspecified atom stereocenters. The minimum Gasteiger partial charge on any atom is -0.369 e. The van der Waals surface area contributed by atoms with Crippen molar-refractivity contribution in [2.24, 2.45) is 11.7 Å². The van der Waals surface area contributed by atoms with Crippen LogP contribution >= 0.6 is 23.1 Å². The van der Waals surface area contributed by atoms with Crippen molar-refractivity contribution in [3.8, 4) is 0 Å². The number of amides is 2. The van der Waals surface area contributed by atoms with E-state index in [2.05, 4.69) is 34.6 Å². The molecule has 1 aromatic carbocycles.